The zero-order valence-corrected chi connectivity index (χ0v) is 13.0. The van der Waals surface area contributed by atoms with Crippen LogP contribution in [0, 0.1) is 0 Å². The molecule has 3 heterocycles. The van der Waals surface area contributed by atoms with E-state index in [4.69, 9.17) is 5.11 Å². The van der Waals surface area contributed by atoms with E-state index in [-0.39, 0.29) is 5.56 Å². The van der Waals surface area contributed by atoms with Crippen molar-refractivity contribution in [3.63, 3.8) is 0 Å². The molecule has 1 aliphatic rings. The van der Waals surface area contributed by atoms with Crippen LogP contribution in [-0.4, -0.2) is 32.5 Å². The summed E-state index contributed by atoms with van der Waals surface area (Å²) in [5.74, 6) is -1.19. The summed E-state index contributed by atoms with van der Waals surface area (Å²) in [6.07, 6.45) is 0.713. The number of para-hydroxylation sites is 1. The third-order valence-electron chi connectivity index (χ3n) is 4.50. The number of carboxylic acids is 1. The molecule has 0 bridgehead atoms. The smallest absolute Gasteiger partial charge is 0.341 e. The first-order valence-electron chi connectivity index (χ1n) is 7.87. The highest BCUT2D eigenvalue weighted by molar-refractivity contribution is 5.87. The zero-order valence-electron chi connectivity index (χ0n) is 13.0. The number of pyridine rings is 1. The lowest BCUT2D eigenvalue weighted by atomic mass is 10.0. The number of hydrogen-bond donors (Lipinski definition) is 3. The Morgan fingerprint density at radius 2 is 2.04 bits per heavy atom. The number of fused-ring (bicyclic) bond motifs is 2. The van der Waals surface area contributed by atoms with E-state index < -0.39 is 11.5 Å². The highest BCUT2D eigenvalue weighted by Gasteiger charge is 2.21. The normalized spacial score (nSPS) is 14.7. The molecule has 2 aromatic heterocycles. The SMILES string of the molecule is O=C(O)c1cc2c([nH]c1=O)CCN(Cc1cc3ccccc3[nH]1)C2. The number of aromatic amines is 2. The quantitative estimate of drug-likeness (QED) is 0.689. The van der Waals surface area contributed by atoms with Crippen LogP contribution in [0.3, 0.4) is 0 Å². The maximum atomic E-state index is 11.7. The van der Waals surface area contributed by atoms with Gasteiger partial charge in [0.15, 0.2) is 0 Å². The topological polar surface area (TPSA) is 89.2 Å². The Morgan fingerprint density at radius 3 is 2.83 bits per heavy atom. The van der Waals surface area contributed by atoms with Crippen LogP contribution in [0.2, 0.25) is 0 Å². The van der Waals surface area contributed by atoms with Gasteiger partial charge in [0.2, 0.25) is 0 Å². The third kappa shape index (κ3) is 2.61. The van der Waals surface area contributed by atoms with E-state index in [1.807, 2.05) is 18.2 Å². The van der Waals surface area contributed by atoms with Crippen LogP contribution in [0.1, 0.15) is 27.3 Å². The maximum absolute atomic E-state index is 11.7. The number of hydrogen-bond acceptors (Lipinski definition) is 3. The minimum atomic E-state index is -1.19. The number of H-pyrrole nitrogens is 2. The van der Waals surface area contributed by atoms with Crippen LogP contribution in [0.4, 0.5) is 0 Å². The van der Waals surface area contributed by atoms with E-state index in [0.29, 0.717) is 13.0 Å². The van der Waals surface area contributed by atoms with Crippen molar-refractivity contribution in [3.05, 3.63) is 69.3 Å². The molecule has 6 nitrogen and oxygen atoms in total. The minimum absolute atomic E-state index is 0.193. The lowest BCUT2D eigenvalue weighted by Crippen LogP contribution is -2.33. The van der Waals surface area contributed by atoms with E-state index in [2.05, 4.69) is 27.0 Å². The molecule has 0 fully saturated rings. The average Bonchev–Trinajstić information content (AvgIpc) is 2.96. The van der Waals surface area contributed by atoms with Crippen molar-refractivity contribution < 1.29 is 9.90 Å². The van der Waals surface area contributed by atoms with Crippen molar-refractivity contribution in [1.29, 1.82) is 0 Å². The van der Waals surface area contributed by atoms with Gasteiger partial charge in [0.05, 0.1) is 0 Å². The molecular formula is C18H17N3O3. The molecule has 0 amide bonds. The summed E-state index contributed by atoms with van der Waals surface area (Å²) < 4.78 is 0. The number of benzene rings is 1. The van der Waals surface area contributed by atoms with Crippen LogP contribution in [-0.2, 0) is 19.5 Å². The summed E-state index contributed by atoms with van der Waals surface area (Å²) in [6.45, 7) is 2.21. The Kier molecular flexibility index (Phi) is 3.46. The van der Waals surface area contributed by atoms with Gasteiger partial charge in [0, 0.05) is 43.0 Å². The highest BCUT2D eigenvalue weighted by Crippen LogP contribution is 2.21. The average molecular weight is 323 g/mol. The van der Waals surface area contributed by atoms with E-state index >= 15 is 0 Å². The Bertz CT molecular complexity index is 954. The van der Waals surface area contributed by atoms with Gasteiger partial charge in [-0.3, -0.25) is 9.69 Å². The molecule has 0 atom stereocenters. The maximum Gasteiger partial charge on any atom is 0.341 e. The predicted molar refractivity (Wildman–Crippen MR) is 90.1 cm³/mol. The first-order valence-corrected chi connectivity index (χ1v) is 7.87. The molecule has 0 radical (unpaired) electrons. The standard InChI is InChI=1S/C18H17N3O3/c22-17-14(18(23)24)8-12-9-21(6-5-16(12)20-17)10-13-7-11-3-1-2-4-15(11)19-13/h1-4,7-8,19H,5-6,9-10H2,(H,20,22)(H,23,24). The second kappa shape index (κ2) is 5.65. The molecule has 3 aromatic rings. The fraction of sp³-hybridized carbons (Fsp3) is 0.222. The second-order valence-electron chi connectivity index (χ2n) is 6.16. The molecular weight excluding hydrogens is 306 g/mol. The Labute approximate surface area is 137 Å². The minimum Gasteiger partial charge on any atom is -0.477 e. The molecule has 4 rings (SSSR count). The summed E-state index contributed by atoms with van der Waals surface area (Å²) in [4.78, 5) is 31.3. The summed E-state index contributed by atoms with van der Waals surface area (Å²) >= 11 is 0. The van der Waals surface area contributed by atoms with Crippen molar-refractivity contribution in [3.8, 4) is 0 Å². The Balaban J connectivity index is 1.58. The van der Waals surface area contributed by atoms with Crippen LogP contribution < -0.4 is 5.56 Å². The molecule has 0 aliphatic carbocycles. The number of aromatic nitrogens is 2. The van der Waals surface area contributed by atoms with Crippen molar-refractivity contribution in [2.75, 3.05) is 6.54 Å². The highest BCUT2D eigenvalue weighted by atomic mass is 16.4. The largest absolute Gasteiger partial charge is 0.477 e. The van der Waals surface area contributed by atoms with Gasteiger partial charge in [-0.1, -0.05) is 18.2 Å². The first-order chi connectivity index (χ1) is 11.6. The van der Waals surface area contributed by atoms with E-state index in [1.54, 1.807) is 0 Å². The van der Waals surface area contributed by atoms with Gasteiger partial charge < -0.3 is 15.1 Å². The summed E-state index contributed by atoms with van der Waals surface area (Å²) in [6, 6.07) is 11.8. The van der Waals surface area contributed by atoms with Crippen molar-refractivity contribution in [2.45, 2.75) is 19.5 Å². The lowest BCUT2D eigenvalue weighted by Gasteiger charge is -2.28. The Morgan fingerprint density at radius 1 is 1.21 bits per heavy atom. The summed E-state index contributed by atoms with van der Waals surface area (Å²) in [5, 5.41) is 10.3. The van der Waals surface area contributed by atoms with E-state index in [1.165, 1.54) is 11.5 Å². The van der Waals surface area contributed by atoms with Gasteiger partial charge in [0.25, 0.3) is 5.56 Å². The molecule has 0 saturated heterocycles. The molecule has 0 unspecified atom stereocenters. The van der Waals surface area contributed by atoms with Crippen molar-refractivity contribution >= 4 is 16.9 Å². The number of nitrogens with zero attached hydrogens (tertiary/aromatic N) is 1. The number of nitrogens with one attached hydrogen (secondary N) is 2. The first kappa shape index (κ1) is 14.7. The number of carboxylic acid groups (broad SMARTS) is 1. The fourth-order valence-electron chi connectivity index (χ4n) is 3.32. The number of aromatic carboxylic acids is 1. The Hall–Kier alpha value is -2.86. The monoisotopic (exact) mass is 323 g/mol. The molecule has 24 heavy (non-hydrogen) atoms. The molecule has 3 N–H and O–H groups in total. The molecule has 6 heteroatoms. The molecule has 0 saturated carbocycles. The molecule has 0 spiro atoms. The molecule has 1 aromatic carbocycles. The van der Waals surface area contributed by atoms with Crippen molar-refractivity contribution in [1.82, 2.24) is 14.9 Å². The van der Waals surface area contributed by atoms with E-state index in [9.17, 15) is 9.59 Å². The third-order valence-corrected chi connectivity index (χ3v) is 4.50. The predicted octanol–water partition coefficient (Wildman–Crippen LogP) is 2.11. The van der Waals surface area contributed by atoms with Gasteiger partial charge in [-0.2, -0.15) is 0 Å². The fourth-order valence-corrected chi connectivity index (χ4v) is 3.32. The zero-order chi connectivity index (χ0) is 16.7. The second-order valence-corrected chi connectivity index (χ2v) is 6.16. The number of rotatable bonds is 3. The van der Waals surface area contributed by atoms with Crippen LogP contribution in [0.15, 0.2) is 41.2 Å². The molecule has 1 aliphatic heterocycles. The van der Waals surface area contributed by atoms with Gasteiger partial charge in [-0.25, -0.2) is 4.79 Å². The van der Waals surface area contributed by atoms with Crippen LogP contribution >= 0.6 is 0 Å². The summed E-state index contributed by atoms with van der Waals surface area (Å²) in [7, 11) is 0. The van der Waals surface area contributed by atoms with E-state index in [0.717, 1.165) is 35.6 Å². The van der Waals surface area contributed by atoms with Crippen molar-refractivity contribution in [2.24, 2.45) is 0 Å². The van der Waals surface area contributed by atoms with Crippen LogP contribution in [0.5, 0.6) is 0 Å². The van der Waals surface area contributed by atoms with Gasteiger partial charge >= 0.3 is 5.97 Å². The molecule has 122 valence electrons. The number of carbonyl (C=O) groups is 1. The van der Waals surface area contributed by atoms with Gasteiger partial charge in [0.1, 0.15) is 5.56 Å². The summed E-state index contributed by atoms with van der Waals surface area (Å²) in [5.41, 5.74) is 3.25. The van der Waals surface area contributed by atoms with Crippen LogP contribution in [0.25, 0.3) is 10.9 Å². The lowest BCUT2D eigenvalue weighted by molar-refractivity contribution is 0.0694. The van der Waals surface area contributed by atoms with Gasteiger partial charge in [-0.05, 0) is 29.1 Å². The van der Waals surface area contributed by atoms with Gasteiger partial charge in [-0.15, -0.1) is 0 Å².